The zero-order chi connectivity index (χ0) is 19.9. The van der Waals surface area contributed by atoms with Crippen LogP contribution in [-0.2, 0) is 16.6 Å². The van der Waals surface area contributed by atoms with E-state index in [1.54, 1.807) is 26.0 Å². The van der Waals surface area contributed by atoms with Gasteiger partial charge in [-0.15, -0.1) is 0 Å². The molecule has 7 nitrogen and oxygen atoms in total. The second-order valence-corrected chi connectivity index (χ2v) is 8.99. The zero-order valence-corrected chi connectivity index (χ0v) is 16.8. The van der Waals surface area contributed by atoms with Crippen LogP contribution >= 0.6 is 11.3 Å². The maximum atomic E-state index is 11.3. The smallest absolute Gasteiger partial charge is 0.238 e. The molecule has 1 atom stereocenters. The molecule has 0 amide bonds. The van der Waals surface area contributed by atoms with Gasteiger partial charge in [-0.05, 0) is 49.6 Å². The van der Waals surface area contributed by atoms with Crippen molar-refractivity contribution in [1.82, 2.24) is 4.98 Å². The lowest BCUT2D eigenvalue weighted by atomic mass is 10.00. The number of sulfonamides is 1. The molecular formula is C18H21N3O4S2. The van der Waals surface area contributed by atoms with Gasteiger partial charge < -0.3 is 15.5 Å². The highest BCUT2D eigenvalue weighted by Crippen LogP contribution is 2.41. The third-order valence-electron chi connectivity index (χ3n) is 4.51. The Bertz CT molecular complexity index is 1100. The highest BCUT2D eigenvalue weighted by Gasteiger charge is 2.21. The molecule has 0 fully saturated rings. The molecule has 1 heterocycles. The number of aliphatic hydroxyl groups excluding tert-OH is 1. The maximum absolute atomic E-state index is 11.3. The molecule has 1 aromatic heterocycles. The number of aliphatic hydroxyl groups is 1. The number of aryl methyl sites for hydroxylation is 1. The van der Waals surface area contributed by atoms with E-state index in [0.29, 0.717) is 22.8 Å². The molecule has 0 spiro atoms. The zero-order valence-electron chi connectivity index (χ0n) is 15.1. The van der Waals surface area contributed by atoms with Crippen molar-refractivity contribution in [1.29, 1.82) is 0 Å². The van der Waals surface area contributed by atoms with Crippen LogP contribution in [0, 0.1) is 13.8 Å². The number of aromatic hydroxyl groups is 1. The fourth-order valence-corrected chi connectivity index (χ4v) is 4.52. The summed E-state index contributed by atoms with van der Waals surface area (Å²) in [6.45, 7) is 5.75. The second-order valence-electron chi connectivity index (χ2n) is 6.43. The maximum Gasteiger partial charge on any atom is 0.238 e. The average molecular weight is 408 g/mol. The number of hydrogen-bond acceptors (Lipinski definition) is 7. The summed E-state index contributed by atoms with van der Waals surface area (Å²) in [6, 6.07) is 6.29. The fraction of sp³-hybridized carbons (Fsp3) is 0.278. The van der Waals surface area contributed by atoms with E-state index in [0.717, 1.165) is 21.3 Å². The second kappa shape index (κ2) is 7.08. The van der Waals surface area contributed by atoms with Crippen molar-refractivity contribution >= 4 is 36.7 Å². The average Bonchev–Trinajstić information content (AvgIpc) is 3.01. The lowest BCUT2D eigenvalue weighted by Gasteiger charge is -2.13. The Morgan fingerprint density at radius 2 is 1.85 bits per heavy atom. The topological polar surface area (TPSA) is 126 Å². The van der Waals surface area contributed by atoms with E-state index in [1.165, 1.54) is 23.5 Å². The van der Waals surface area contributed by atoms with E-state index in [9.17, 15) is 18.6 Å². The Balaban J connectivity index is 1.90. The van der Waals surface area contributed by atoms with Gasteiger partial charge in [0.2, 0.25) is 10.0 Å². The number of phenolic OH excluding ortho intramolecular Hbond substituents is 1. The molecule has 144 valence electrons. The minimum Gasteiger partial charge on any atom is -0.507 e. The van der Waals surface area contributed by atoms with Gasteiger partial charge in [-0.1, -0.05) is 23.5 Å². The molecule has 0 aliphatic rings. The first-order chi connectivity index (χ1) is 12.6. The van der Waals surface area contributed by atoms with Crippen molar-refractivity contribution in [2.24, 2.45) is 5.14 Å². The van der Waals surface area contributed by atoms with Gasteiger partial charge in [0.1, 0.15) is 5.75 Å². The number of phenols is 1. The monoisotopic (exact) mass is 407 g/mol. The number of fused-ring (bicyclic) bond motifs is 1. The van der Waals surface area contributed by atoms with Crippen LogP contribution in [0.25, 0.3) is 10.2 Å². The summed E-state index contributed by atoms with van der Waals surface area (Å²) < 4.78 is 23.4. The summed E-state index contributed by atoms with van der Waals surface area (Å²) in [7, 11) is -3.71. The first-order valence-corrected chi connectivity index (χ1v) is 10.6. The molecule has 0 saturated heterocycles. The molecule has 5 N–H and O–H groups in total. The Morgan fingerprint density at radius 3 is 2.41 bits per heavy atom. The Labute approximate surface area is 161 Å². The first kappa shape index (κ1) is 19.6. The number of hydrogen-bond donors (Lipinski definition) is 4. The number of primary sulfonamides is 1. The number of aromatic nitrogens is 1. The van der Waals surface area contributed by atoms with Crippen molar-refractivity contribution in [3.63, 3.8) is 0 Å². The number of nitrogens with one attached hydrogen (secondary N) is 1. The van der Waals surface area contributed by atoms with Crippen LogP contribution in [0.3, 0.4) is 0 Å². The molecule has 0 bridgehead atoms. The van der Waals surface area contributed by atoms with E-state index in [2.05, 4.69) is 10.3 Å². The summed E-state index contributed by atoms with van der Waals surface area (Å²) >= 11 is 1.36. The molecule has 27 heavy (non-hydrogen) atoms. The van der Waals surface area contributed by atoms with Crippen molar-refractivity contribution in [2.75, 3.05) is 5.32 Å². The minimum atomic E-state index is -3.71. The molecule has 1 unspecified atom stereocenters. The van der Waals surface area contributed by atoms with Crippen LogP contribution in [0.15, 0.2) is 29.2 Å². The van der Waals surface area contributed by atoms with Gasteiger partial charge in [-0.25, -0.2) is 18.5 Å². The van der Waals surface area contributed by atoms with Crippen molar-refractivity contribution in [3.8, 4) is 5.75 Å². The van der Waals surface area contributed by atoms with Crippen LogP contribution in [-0.4, -0.2) is 23.6 Å². The van der Waals surface area contributed by atoms with Crippen LogP contribution < -0.4 is 10.5 Å². The molecule has 3 rings (SSSR count). The number of anilines is 1. The highest BCUT2D eigenvalue weighted by atomic mass is 32.2. The number of nitrogens with zero attached hydrogens (tertiary/aromatic N) is 1. The van der Waals surface area contributed by atoms with Crippen LogP contribution in [0.2, 0.25) is 0 Å². The first-order valence-electron chi connectivity index (χ1n) is 8.25. The SMILES string of the molecule is Cc1c(O)c(C(C)O)c2sc(NCc3ccc(S(N)(=O)=O)cc3)nc2c1C. The summed E-state index contributed by atoms with van der Waals surface area (Å²) in [5, 5.41) is 29.4. The van der Waals surface area contributed by atoms with Gasteiger partial charge in [0.25, 0.3) is 0 Å². The van der Waals surface area contributed by atoms with Crippen LogP contribution in [0.1, 0.15) is 35.3 Å². The minimum absolute atomic E-state index is 0.0642. The van der Waals surface area contributed by atoms with E-state index in [-0.39, 0.29) is 10.6 Å². The van der Waals surface area contributed by atoms with Crippen LogP contribution in [0.5, 0.6) is 5.75 Å². The van der Waals surface area contributed by atoms with E-state index in [1.807, 2.05) is 6.92 Å². The van der Waals surface area contributed by atoms with Crippen LogP contribution in [0.4, 0.5) is 5.13 Å². The van der Waals surface area contributed by atoms with Gasteiger partial charge >= 0.3 is 0 Å². The Hall–Kier alpha value is -2.20. The summed E-state index contributed by atoms with van der Waals surface area (Å²) in [5.41, 5.74) is 3.67. The molecular weight excluding hydrogens is 386 g/mol. The third-order valence-corrected chi connectivity index (χ3v) is 6.49. The Kier molecular flexibility index (Phi) is 5.13. The quantitative estimate of drug-likeness (QED) is 0.515. The standard InChI is InChI=1S/C18H21N3O4S2/c1-9-10(2)16(23)14(11(3)22)17-15(9)21-18(26-17)20-8-12-4-6-13(7-5-12)27(19,24)25/h4-7,11,22-23H,8H2,1-3H3,(H,20,21)(H2,19,24,25). The summed E-state index contributed by atoms with van der Waals surface area (Å²) in [6.07, 6.45) is -0.814. The molecule has 3 aromatic rings. The molecule has 2 aromatic carbocycles. The largest absolute Gasteiger partial charge is 0.507 e. The predicted octanol–water partition coefficient (Wildman–Crippen LogP) is 2.93. The lowest BCUT2D eigenvalue weighted by molar-refractivity contribution is 0.196. The van der Waals surface area contributed by atoms with Crippen molar-refractivity contribution < 1.29 is 18.6 Å². The third kappa shape index (κ3) is 3.77. The fourth-order valence-electron chi connectivity index (χ4n) is 2.86. The number of thiazole rings is 1. The van der Waals surface area contributed by atoms with E-state index < -0.39 is 16.1 Å². The van der Waals surface area contributed by atoms with Gasteiger partial charge in [0.05, 0.1) is 21.2 Å². The molecule has 9 heteroatoms. The predicted molar refractivity (Wildman–Crippen MR) is 107 cm³/mol. The normalized spacial score (nSPS) is 13.1. The van der Waals surface area contributed by atoms with Gasteiger partial charge in [-0.3, -0.25) is 0 Å². The lowest BCUT2D eigenvalue weighted by Crippen LogP contribution is -2.12. The molecule has 0 aliphatic heterocycles. The van der Waals surface area contributed by atoms with Crippen molar-refractivity contribution in [3.05, 3.63) is 46.5 Å². The molecule has 0 aliphatic carbocycles. The van der Waals surface area contributed by atoms with E-state index >= 15 is 0 Å². The summed E-state index contributed by atoms with van der Waals surface area (Å²) in [5.74, 6) is 0.101. The van der Waals surface area contributed by atoms with Gasteiger partial charge in [-0.2, -0.15) is 0 Å². The van der Waals surface area contributed by atoms with E-state index in [4.69, 9.17) is 5.14 Å². The Morgan fingerprint density at radius 1 is 1.22 bits per heavy atom. The molecule has 0 saturated carbocycles. The van der Waals surface area contributed by atoms with Gasteiger partial charge in [0.15, 0.2) is 5.13 Å². The highest BCUT2D eigenvalue weighted by molar-refractivity contribution is 7.89. The van der Waals surface area contributed by atoms with Gasteiger partial charge in [0, 0.05) is 12.1 Å². The number of benzene rings is 2. The summed E-state index contributed by atoms with van der Waals surface area (Å²) in [4.78, 5) is 4.66. The molecule has 0 radical (unpaired) electrons. The van der Waals surface area contributed by atoms with Crippen molar-refractivity contribution in [2.45, 2.75) is 38.3 Å². The number of nitrogens with two attached hydrogens (primary N) is 1. The number of rotatable bonds is 5.